The molecular formula is C10H16ClN3S. The lowest BCUT2D eigenvalue weighted by Crippen LogP contribution is -2.39. The van der Waals surface area contributed by atoms with Crippen LogP contribution in [0.3, 0.4) is 0 Å². The highest BCUT2D eigenvalue weighted by Crippen LogP contribution is 2.24. The zero-order valence-electron chi connectivity index (χ0n) is 8.58. The standard InChI is InChI=1S/C10H16ClN3S/c11-9-6-15-10(14-9)13-8-5-3-1-2-4-7(8)12/h6-8H,1-5,12H2,(H,13,14). The van der Waals surface area contributed by atoms with Gasteiger partial charge in [-0.1, -0.05) is 30.9 Å². The molecule has 1 aromatic rings. The molecule has 1 heterocycles. The van der Waals surface area contributed by atoms with Crippen molar-refractivity contribution in [1.29, 1.82) is 0 Å². The summed E-state index contributed by atoms with van der Waals surface area (Å²) in [6, 6.07) is 0.602. The van der Waals surface area contributed by atoms with Gasteiger partial charge in [-0.05, 0) is 12.8 Å². The van der Waals surface area contributed by atoms with Crippen LogP contribution in [0.25, 0.3) is 0 Å². The SMILES string of the molecule is NC1CCCCCC1Nc1nc(Cl)cs1. The largest absolute Gasteiger partial charge is 0.357 e. The van der Waals surface area contributed by atoms with Crippen LogP contribution in [0.4, 0.5) is 5.13 Å². The minimum absolute atomic E-state index is 0.246. The van der Waals surface area contributed by atoms with Gasteiger partial charge in [-0.15, -0.1) is 11.3 Å². The molecule has 5 heteroatoms. The van der Waals surface area contributed by atoms with Crippen molar-refractivity contribution < 1.29 is 0 Å². The molecule has 0 aromatic carbocycles. The molecule has 1 fully saturated rings. The van der Waals surface area contributed by atoms with Crippen molar-refractivity contribution >= 4 is 28.1 Å². The summed E-state index contributed by atoms with van der Waals surface area (Å²) in [5.74, 6) is 0. The van der Waals surface area contributed by atoms with Gasteiger partial charge in [0.2, 0.25) is 0 Å². The summed E-state index contributed by atoms with van der Waals surface area (Å²) in [5, 5.41) is 6.68. The van der Waals surface area contributed by atoms with Crippen molar-refractivity contribution in [1.82, 2.24) is 4.98 Å². The van der Waals surface area contributed by atoms with Gasteiger partial charge in [-0.2, -0.15) is 0 Å². The first-order valence-corrected chi connectivity index (χ1v) is 6.64. The first kappa shape index (κ1) is 11.2. The number of nitrogens with one attached hydrogen (secondary N) is 1. The van der Waals surface area contributed by atoms with Crippen LogP contribution in [0.5, 0.6) is 0 Å². The van der Waals surface area contributed by atoms with Gasteiger partial charge >= 0.3 is 0 Å². The highest BCUT2D eigenvalue weighted by Gasteiger charge is 2.20. The molecule has 84 valence electrons. The van der Waals surface area contributed by atoms with E-state index in [4.69, 9.17) is 17.3 Å². The molecule has 0 spiro atoms. The fourth-order valence-corrected chi connectivity index (χ4v) is 2.89. The van der Waals surface area contributed by atoms with Gasteiger partial charge in [0, 0.05) is 17.5 Å². The molecule has 0 aliphatic heterocycles. The van der Waals surface area contributed by atoms with Crippen molar-refractivity contribution in [2.24, 2.45) is 5.73 Å². The predicted molar refractivity (Wildman–Crippen MR) is 65.6 cm³/mol. The van der Waals surface area contributed by atoms with E-state index in [1.165, 1.54) is 19.3 Å². The van der Waals surface area contributed by atoms with E-state index in [-0.39, 0.29) is 6.04 Å². The second kappa shape index (κ2) is 5.14. The predicted octanol–water partition coefficient (Wildman–Crippen LogP) is 2.87. The maximum atomic E-state index is 6.11. The van der Waals surface area contributed by atoms with E-state index in [9.17, 15) is 0 Å². The highest BCUT2D eigenvalue weighted by molar-refractivity contribution is 7.14. The average molecular weight is 246 g/mol. The Morgan fingerprint density at radius 2 is 2.20 bits per heavy atom. The van der Waals surface area contributed by atoms with Crippen molar-refractivity contribution in [3.63, 3.8) is 0 Å². The van der Waals surface area contributed by atoms with Crippen LogP contribution in [0.15, 0.2) is 5.38 Å². The summed E-state index contributed by atoms with van der Waals surface area (Å²) in [7, 11) is 0. The molecule has 0 bridgehead atoms. The molecule has 1 aromatic heterocycles. The molecule has 2 atom stereocenters. The number of nitrogens with zero attached hydrogens (tertiary/aromatic N) is 1. The van der Waals surface area contributed by atoms with Crippen molar-refractivity contribution in [3.8, 4) is 0 Å². The van der Waals surface area contributed by atoms with Crippen molar-refractivity contribution in [2.75, 3.05) is 5.32 Å². The third-order valence-corrected chi connectivity index (χ3v) is 3.95. The van der Waals surface area contributed by atoms with Gasteiger partial charge in [0.1, 0.15) is 5.15 Å². The third-order valence-electron chi connectivity index (χ3n) is 2.85. The molecule has 15 heavy (non-hydrogen) atoms. The smallest absolute Gasteiger partial charge is 0.184 e. The number of hydrogen-bond donors (Lipinski definition) is 2. The maximum absolute atomic E-state index is 6.11. The fourth-order valence-electron chi connectivity index (χ4n) is 1.99. The number of anilines is 1. The third kappa shape index (κ3) is 3.06. The Hall–Kier alpha value is -0.320. The van der Waals surface area contributed by atoms with Gasteiger partial charge < -0.3 is 11.1 Å². The molecule has 3 nitrogen and oxygen atoms in total. The summed E-state index contributed by atoms with van der Waals surface area (Å²) in [6.45, 7) is 0. The van der Waals surface area contributed by atoms with E-state index >= 15 is 0 Å². The molecule has 2 unspecified atom stereocenters. The number of nitrogens with two attached hydrogens (primary N) is 1. The van der Waals surface area contributed by atoms with E-state index in [0.717, 1.165) is 18.0 Å². The zero-order chi connectivity index (χ0) is 10.7. The molecule has 1 aliphatic carbocycles. The molecule has 3 N–H and O–H groups in total. The number of hydrogen-bond acceptors (Lipinski definition) is 4. The maximum Gasteiger partial charge on any atom is 0.184 e. The second-order valence-electron chi connectivity index (χ2n) is 4.03. The highest BCUT2D eigenvalue weighted by atomic mass is 35.5. The van der Waals surface area contributed by atoms with Crippen LogP contribution >= 0.6 is 22.9 Å². The minimum atomic E-state index is 0.246. The summed E-state index contributed by atoms with van der Waals surface area (Å²) < 4.78 is 0. The quantitative estimate of drug-likeness (QED) is 0.788. The van der Waals surface area contributed by atoms with Crippen LogP contribution in [0.1, 0.15) is 32.1 Å². The van der Waals surface area contributed by atoms with Crippen LogP contribution in [-0.2, 0) is 0 Å². The second-order valence-corrected chi connectivity index (χ2v) is 5.27. The topological polar surface area (TPSA) is 50.9 Å². The van der Waals surface area contributed by atoms with Crippen molar-refractivity contribution in [2.45, 2.75) is 44.2 Å². The molecule has 1 aliphatic rings. The van der Waals surface area contributed by atoms with Crippen LogP contribution in [-0.4, -0.2) is 17.1 Å². The lowest BCUT2D eigenvalue weighted by atomic mass is 10.0. The Kier molecular flexibility index (Phi) is 3.83. The van der Waals surface area contributed by atoms with Gasteiger partial charge in [-0.3, -0.25) is 0 Å². The Morgan fingerprint density at radius 1 is 1.40 bits per heavy atom. The molecule has 0 amide bonds. The summed E-state index contributed by atoms with van der Waals surface area (Å²) in [6.07, 6.45) is 6.04. The lowest BCUT2D eigenvalue weighted by molar-refractivity contribution is 0.528. The van der Waals surface area contributed by atoms with E-state index < -0.39 is 0 Å². The van der Waals surface area contributed by atoms with E-state index in [1.54, 1.807) is 11.3 Å². The Morgan fingerprint density at radius 3 is 2.93 bits per heavy atom. The van der Waals surface area contributed by atoms with Gasteiger partial charge in [0.15, 0.2) is 5.13 Å². The average Bonchev–Trinajstić information content (AvgIpc) is 2.50. The normalized spacial score (nSPS) is 27.3. The van der Waals surface area contributed by atoms with Crippen LogP contribution in [0, 0.1) is 0 Å². The summed E-state index contributed by atoms with van der Waals surface area (Å²) in [5.41, 5.74) is 6.11. The monoisotopic (exact) mass is 245 g/mol. The molecule has 0 saturated heterocycles. The molecule has 0 radical (unpaired) electrons. The lowest BCUT2D eigenvalue weighted by Gasteiger charge is -2.22. The van der Waals surface area contributed by atoms with Crippen LogP contribution in [0.2, 0.25) is 5.15 Å². The van der Waals surface area contributed by atoms with E-state index in [0.29, 0.717) is 11.2 Å². The van der Waals surface area contributed by atoms with Crippen LogP contribution < -0.4 is 11.1 Å². The first-order chi connectivity index (χ1) is 7.25. The minimum Gasteiger partial charge on any atom is -0.357 e. The Bertz CT molecular complexity index is 315. The molecule has 1 saturated carbocycles. The van der Waals surface area contributed by atoms with Gasteiger partial charge in [-0.25, -0.2) is 4.98 Å². The van der Waals surface area contributed by atoms with Gasteiger partial charge in [0.25, 0.3) is 0 Å². The van der Waals surface area contributed by atoms with E-state index in [1.807, 2.05) is 5.38 Å². The number of aromatic nitrogens is 1. The summed E-state index contributed by atoms with van der Waals surface area (Å²) >= 11 is 7.32. The van der Waals surface area contributed by atoms with E-state index in [2.05, 4.69) is 10.3 Å². The Balaban J connectivity index is 1.97. The van der Waals surface area contributed by atoms with Crippen molar-refractivity contribution in [3.05, 3.63) is 10.5 Å². The zero-order valence-corrected chi connectivity index (χ0v) is 10.2. The van der Waals surface area contributed by atoms with Gasteiger partial charge in [0.05, 0.1) is 0 Å². The molecule has 2 rings (SSSR count). The Labute approximate surface area is 99.0 Å². The number of thiazole rings is 1. The summed E-state index contributed by atoms with van der Waals surface area (Å²) in [4.78, 5) is 4.19. The fraction of sp³-hybridized carbons (Fsp3) is 0.700. The first-order valence-electron chi connectivity index (χ1n) is 5.39. The number of rotatable bonds is 2. The molecular weight excluding hydrogens is 230 g/mol. The number of halogens is 1.